The van der Waals surface area contributed by atoms with Gasteiger partial charge in [-0.2, -0.15) is 0 Å². The van der Waals surface area contributed by atoms with E-state index in [1.807, 2.05) is 0 Å². The van der Waals surface area contributed by atoms with Crippen molar-refractivity contribution < 1.29 is 24.2 Å². The summed E-state index contributed by atoms with van der Waals surface area (Å²) in [6.07, 6.45) is 1.50. The van der Waals surface area contributed by atoms with Crippen LogP contribution in [0.4, 0.5) is 0 Å². The van der Waals surface area contributed by atoms with Crippen molar-refractivity contribution in [2.75, 3.05) is 20.0 Å². The highest BCUT2D eigenvalue weighted by molar-refractivity contribution is 8.00. The van der Waals surface area contributed by atoms with Gasteiger partial charge in [0.05, 0.1) is 25.5 Å². The second-order valence-electron chi connectivity index (χ2n) is 4.44. The van der Waals surface area contributed by atoms with Crippen LogP contribution in [-0.2, 0) is 0 Å². The fourth-order valence-electron chi connectivity index (χ4n) is 1.90. The molecule has 2 rings (SSSR count). The van der Waals surface area contributed by atoms with Gasteiger partial charge in [-0.05, 0) is 30.3 Å². The van der Waals surface area contributed by atoms with E-state index in [1.165, 1.54) is 26.5 Å². The summed E-state index contributed by atoms with van der Waals surface area (Å²) in [5, 5.41) is 9.42. The van der Waals surface area contributed by atoms with Crippen LogP contribution in [0.1, 0.15) is 20.7 Å². The van der Waals surface area contributed by atoms with Gasteiger partial charge in [0, 0.05) is 11.8 Å². The predicted octanol–water partition coefficient (Wildman–Crippen LogP) is 2.77. The molecule has 6 nitrogen and oxygen atoms in total. The monoisotopic (exact) mass is 333 g/mol. The molecule has 0 bridgehead atoms. The van der Waals surface area contributed by atoms with E-state index in [2.05, 4.69) is 4.98 Å². The van der Waals surface area contributed by atoms with E-state index in [-0.39, 0.29) is 17.1 Å². The minimum absolute atomic E-state index is 0.0762. The molecule has 0 atom stereocenters. The van der Waals surface area contributed by atoms with Crippen molar-refractivity contribution >= 4 is 23.5 Å². The van der Waals surface area contributed by atoms with E-state index in [4.69, 9.17) is 14.6 Å². The molecule has 1 aromatic heterocycles. The van der Waals surface area contributed by atoms with E-state index < -0.39 is 5.97 Å². The van der Waals surface area contributed by atoms with Crippen LogP contribution in [-0.4, -0.2) is 41.8 Å². The van der Waals surface area contributed by atoms with Gasteiger partial charge in [-0.15, -0.1) is 0 Å². The Morgan fingerprint density at radius 1 is 1.17 bits per heavy atom. The molecule has 0 aliphatic carbocycles. The Balaban J connectivity index is 2.13. The maximum atomic E-state index is 12.3. The lowest BCUT2D eigenvalue weighted by molar-refractivity contribution is 0.0692. The molecule has 0 aliphatic rings. The van der Waals surface area contributed by atoms with Crippen molar-refractivity contribution in [3.63, 3.8) is 0 Å². The number of Topliss-reactive ketones (excluding diaryl/α,β-unsaturated/α-hetero) is 1. The molecule has 0 saturated carbocycles. The first-order chi connectivity index (χ1) is 11.1. The van der Waals surface area contributed by atoms with Gasteiger partial charge in [0.2, 0.25) is 0 Å². The highest BCUT2D eigenvalue weighted by atomic mass is 32.2. The van der Waals surface area contributed by atoms with E-state index in [9.17, 15) is 9.59 Å². The first-order valence-electron chi connectivity index (χ1n) is 6.63. The molecule has 0 amide bonds. The number of nitrogens with zero attached hydrogens (tertiary/aromatic N) is 1. The largest absolute Gasteiger partial charge is 0.493 e. The fraction of sp³-hybridized carbons (Fsp3) is 0.188. The number of carbonyl (C=O) groups is 2. The Morgan fingerprint density at radius 3 is 2.57 bits per heavy atom. The number of rotatable bonds is 7. The molecule has 120 valence electrons. The van der Waals surface area contributed by atoms with Gasteiger partial charge >= 0.3 is 5.97 Å². The van der Waals surface area contributed by atoms with Gasteiger partial charge in [0.25, 0.3) is 0 Å². The van der Waals surface area contributed by atoms with Crippen molar-refractivity contribution in [3.8, 4) is 11.5 Å². The Morgan fingerprint density at radius 2 is 1.91 bits per heavy atom. The van der Waals surface area contributed by atoms with Gasteiger partial charge in [0.1, 0.15) is 5.03 Å². The number of pyridine rings is 1. The van der Waals surface area contributed by atoms with Gasteiger partial charge in [-0.3, -0.25) is 4.79 Å². The fourth-order valence-corrected chi connectivity index (χ4v) is 2.78. The summed E-state index contributed by atoms with van der Waals surface area (Å²) < 4.78 is 10.3. The second kappa shape index (κ2) is 7.64. The molecule has 0 aliphatic heterocycles. The zero-order chi connectivity index (χ0) is 16.8. The standard InChI is InChI=1S/C16H15NO5S/c1-21-13-6-5-10(8-14(13)22-2)12(18)9-23-15-11(16(19)20)4-3-7-17-15/h3-8H,9H2,1-2H3,(H,19,20). The number of methoxy groups -OCH3 is 2. The summed E-state index contributed by atoms with van der Waals surface area (Å²) in [7, 11) is 3.01. The maximum Gasteiger partial charge on any atom is 0.338 e. The lowest BCUT2D eigenvalue weighted by Gasteiger charge is -2.09. The van der Waals surface area contributed by atoms with Gasteiger partial charge in [-0.25, -0.2) is 9.78 Å². The van der Waals surface area contributed by atoms with Crippen LogP contribution in [0.15, 0.2) is 41.6 Å². The summed E-state index contributed by atoms with van der Waals surface area (Å²) >= 11 is 1.09. The first-order valence-corrected chi connectivity index (χ1v) is 7.61. The number of hydrogen-bond donors (Lipinski definition) is 1. The van der Waals surface area contributed by atoms with Crippen LogP contribution in [0.5, 0.6) is 11.5 Å². The SMILES string of the molecule is COc1ccc(C(=O)CSc2ncccc2C(=O)O)cc1OC. The predicted molar refractivity (Wildman–Crippen MR) is 85.8 cm³/mol. The lowest BCUT2D eigenvalue weighted by atomic mass is 10.1. The molecule has 0 unspecified atom stereocenters. The molecule has 0 radical (unpaired) electrons. The van der Waals surface area contributed by atoms with E-state index >= 15 is 0 Å². The Hall–Kier alpha value is -2.54. The third-order valence-electron chi connectivity index (χ3n) is 3.05. The van der Waals surface area contributed by atoms with E-state index in [1.54, 1.807) is 24.3 Å². The molecule has 1 aromatic carbocycles. The van der Waals surface area contributed by atoms with Gasteiger partial charge in [0.15, 0.2) is 17.3 Å². The van der Waals surface area contributed by atoms with Crippen LogP contribution < -0.4 is 9.47 Å². The maximum absolute atomic E-state index is 12.3. The number of thioether (sulfide) groups is 1. The molecule has 0 fully saturated rings. The van der Waals surface area contributed by atoms with E-state index in [0.717, 1.165) is 11.8 Å². The second-order valence-corrected chi connectivity index (χ2v) is 5.41. The van der Waals surface area contributed by atoms with Crippen LogP contribution in [0.2, 0.25) is 0 Å². The summed E-state index contributed by atoms with van der Waals surface area (Å²) in [5.74, 6) is -0.147. The number of aromatic carboxylic acids is 1. The molecular weight excluding hydrogens is 318 g/mol. The topological polar surface area (TPSA) is 85.7 Å². The Labute approximate surface area is 137 Å². The summed E-state index contributed by atoms with van der Waals surface area (Å²) in [6, 6.07) is 7.89. The normalized spacial score (nSPS) is 10.2. The van der Waals surface area contributed by atoms with Crippen molar-refractivity contribution in [2.24, 2.45) is 0 Å². The number of hydrogen-bond acceptors (Lipinski definition) is 6. The van der Waals surface area contributed by atoms with Crippen molar-refractivity contribution in [1.29, 1.82) is 0 Å². The highest BCUT2D eigenvalue weighted by Crippen LogP contribution is 2.28. The highest BCUT2D eigenvalue weighted by Gasteiger charge is 2.15. The van der Waals surface area contributed by atoms with Gasteiger partial charge in [-0.1, -0.05) is 11.8 Å². The Bertz CT molecular complexity index is 732. The molecule has 2 aromatic rings. The van der Waals surface area contributed by atoms with Crippen LogP contribution in [0.25, 0.3) is 0 Å². The number of carboxylic acids is 1. The quantitative estimate of drug-likeness (QED) is 0.616. The summed E-state index contributed by atoms with van der Waals surface area (Å²) in [5.41, 5.74) is 0.542. The molecule has 1 heterocycles. The molecule has 0 spiro atoms. The van der Waals surface area contributed by atoms with E-state index in [0.29, 0.717) is 22.1 Å². The molecule has 0 saturated heterocycles. The number of ether oxygens (including phenoxy) is 2. The van der Waals surface area contributed by atoms with Gasteiger partial charge < -0.3 is 14.6 Å². The average molecular weight is 333 g/mol. The average Bonchev–Trinajstić information content (AvgIpc) is 2.59. The van der Waals surface area contributed by atoms with Crippen molar-refractivity contribution in [2.45, 2.75) is 5.03 Å². The van der Waals surface area contributed by atoms with Crippen LogP contribution in [0.3, 0.4) is 0 Å². The minimum atomic E-state index is -1.07. The number of carboxylic acid groups (broad SMARTS) is 1. The van der Waals surface area contributed by atoms with Crippen molar-refractivity contribution in [1.82, 2.24) is 4.98 Å². The first kappa shape index (κ1) is 16.8. The molecule has 7 heteroatoms. The summed E-state index contributed by atoms with van der Waals surface area (Å²) in [4.78, 5) is 27.4. The van der Waals surface area contributed by atoms with Crippen molar-refractivity contribution in [3.05, 3.63) is 47.7 Å². The molecular formula is C16H15NO5S. The van der Waals surface area contributed by atoms with Crippen LogP contribution >= 0.6 is 11.8 Å². The number of aromatic nitrogens is 1. The van der Waals surface area contributed by atoms with Crippen LogP contribution in [0, 0.1) is 0 Å². The minimum Gasteiger partial charge on any atom is -0.493 e. The number of benzene rings is 1. The molecule has 23 heavy (non-hydrogen) atoms. The lowest BCUT2D eigenvalue weighted by Crippen LogP contribution is -2.06. The number of ketones is 1. The zero-order valence-electron chi connectivity index (χ0n) is 12.6. The smallest absolute Gasteiger partial charge is 0.338 e. The Kier molecular flexibility index (Phi) is 5.59. The summed E-state index contributed by atoms with van der Waals surface area (Å²) in [6.45, 7) is 0. The third kappa shape index (κ3) is 4.01. The third-order valence-corrected chi connectivity index (χ3v) is 4.05. The zero-order valence-corrected chi connectivity index (χ0v) is 13.4. The molecule has 1 N–H and O–H groups in total. The number of carbonyl (C=O) groups excluding carboxylic acids is 1.